The van der Waals surface area contributed by atoms with Crippen LogP contribution in [0.25, 0.3) is 22.7 Å². The number of fused-ring (bicyclic) bond motifs is 1. The van der Waals surface area contributed by atoms with Crippen LogP contribution >= 0.6 is 0 Å². The van der Waals surface area contributed by atoms with Gasteiger partial charge in [0.15, 0.2) is 11.2 Å². The number of piperazine rings is 1. The molecule has 2 N–H and O–H groups in total. The summed E-state index contributed by atoms with van der Waals surface area (Å²) in [7, 11) is 3.02. The lowest BCUT2D eigenvalue weighted by Crippen LogP contribution is -2.46. The molecular weight excluding hydrogens is 462 g/mol. The number of ether oxygens (including phenoxy) is 2. The molecule has 0 atom stereocenters. The lowest BCUT2D eigenvalue weighted by molar-refractivity contribution is 0.0735. The fourth-order valence-electron chi connectivity index (χ4n) is 4.07. The van der Waals surface area contributed by atoms with Gasteiger partial charge >= 0.3 is 0 Å². The predicted octanol–water partition coefficient (Wildman–Crippen LogP) is 3.20. The fraction of sp³-hybridized carbons (Fsp3) is 0.231. The van der Waals surface area contributed by atoms with E-state index in [0.29, 0.717) is 64.1 Å². The predicted molar refractivity (Wildman–Crippen MR) is 134 cm³/mol. The zero-order valence-electron chi connectivity index (χ0n) is 19.9. The van der Waals surface area contributed by atoms with E-state index in [4.69, 9.17) is 13.9 Å². The minimum Gasteiger partial charge on any atom is -0.497 e. The molecule has 3 heterocycles. The quantitative estimate of drug-likeness (QED) is 0.426. The molecule has 0 saturated carbocycles. The van der Waals surface area contributed by atoms with E-state index in [1.807, 2.05) is 0 Å². The van der Waals surface area contributed by atoms with Crippen molar-refractivity contribution in [3.8, 4) is 23.0 Å². The number of pyridine rings is 1. The van der Waals surface area contributed by atoms with Crippen LogP contribution in [0.5, 0.6) is 11.5 Å². The SMILES string of the molecule is COc1ccc(C(=O)Nc2cc(C(=O)N3CCNCC3)cc(-c3nc4ncccc4o3)c2)c(OC)c1. The summed E-state index contributed by atoms with van der Waals surface area (Å²) in [5.41, 5.74) is 2.70. The van der Waals surface area contributed by atoms with Crippen LogP contribution in [0, 0.1) is 0 Å². The Morgan fingerprint density at radius 1 is 1.06 bits per heavy atom. The van der Waals surface area contributed by atoms with Crippen molar-refractivity contribution in [3.05, 3.63) is 65.9 Å². The van der Waals surface area contributed by atoms with Crippen molar-refractivity contribution in [3.63, 3.8) is 0 Å². The van der Waals surface area contributed by atoms with Gasteiger partial charge in [0.05, 0.1) is 19.8 Å². The van der Waals surface area contributed by atoms with Crippen molar-refractivity contribution in [2.45, 2.75) is 0 Å². The molecule has 2 amide bonds. The summed E-state index contributed by atoms with van der Waals surface area (Å²) in [6.45, 7) is 2.65. The molecule has 0 bridgehead atoms. The zero-order chi connectivity index (χ0) is 25.1. The molecule has 4 aromatic rings. The molecule has 5 rings (SSSR count). The molecule has 2 aromatic carbocycles. The summed E-state index contributed by atoms with van der Waals surface area (Å²) >= 11 is 0. The summed E-state index contributed by atoms with van der Waals surface area (Å²) in [4.78, 5) is 37.0. The van der Waals surface area contributed by atoms with Gasteiger partial charge in [-0.25, -0.2) is 4.98 Å². The average molecular weight is 488 g/mol. The largest absolute Gasteiger partial charge is 0.497 e. The van der Waals surface area contributed by atoms with Gasteiger partial charge in [0.2, 0.25) is 5.89 Å². The van der Waals surface area contributed by atoms with Gasteiger partial charge in [0, 0.05) is 55.3 Å². The van der Waals surface area contributed by atoms with Crippen molar-refractivity contribution in [1.82, 2.24) is 20.2 Å². The van der Waals surface area contributed by atoms with E-state index in [1.165, 1.54) is 7.11 Å². The van der Waals surface area contributed by atoms with Crippen LogP contribution < -0.4 is 20.1 Å². The highest BCUT2D eigenvalue weighted by atomic mass is 16.5. The van der Waals surface area contributed by atoms with Crippen LogP contribution in [-0.2, 0) is 0 Å². The van der Waals surface area contributed by atoms with Crippen molar-refractivity contribution < 1.29 is 23.5 Å². The third-order valence-electron chi connectivity index (χ3n) is 5.91. The molecule has 0 radical (unpaired) electrons. The Morgan fingerprint density at radius 3 is 2.64 bits per heavy atom. The van der Waals surface area contributed by atoms with Gasteiger partial charge in [-0.3, -0.25) is 9.59 Å². The Labute approximate surface area is 207 Å². The van der Waals surface area contributed by atoms with E-state index in [2.05, 4.69) is 20.6 Å². The number of amides is 2. The second kappa shape index (κ2) is 10.0. The number of anilines is 1. The maximum absolute atomic E-state index is 13.3. The molecule has 10 heteroatoms. The Balaban J connectivity index is 1.52. The van der Waals surface area contributed by atoms with Gasteiger partial charge in [-0.2, -0.15) is 4.98 Å². The maximum Gasteiger partial charge on any atom is 0.259 e. The Hall–Kier alpha value is -4.44. The van der Waals surface area contributed by atoms with E-state index < -0.39 is 5.91 Å². The Morgan fingerprint density at radius 2 is 1.89 bits per heavy atom. The first-order valence-electron chi connectivity index (χ1n) is 11.5. The van der Waals surface area contributed by atoms with Crippen LogP contribution in [0.1, 0.15) is 20.7 Å². The number of nitrogens with zero attached hydrogens (tertiary/aromatic N) is 3. The van der Waals surface area contributed by atoms with Gasteiger partial charge < -0.3 is 29.4 Å². The van der Waals surface area contributed by atoms with Crippen LogP contribution in [0.3, 0.4) is 0 Å². The monoisotopic (exact) mass is 487 g/mol. The highest BCUT2D eigenvalue weighted by Gasteiger charge is 2.22. The van der Waals surface area contributed by atoms with Gasteiger partial charge in [0.25, 0.3) is 11.8 Å². The highest BCUT2D eigenvalue weighted by molar-refractivity contribution is 6.07. The number of methoxy groups -OCH3 is 2. The van der Waals surface area contributed by atoms with Gasteiger partial charge in [-0.05, 0) is 42.5 Å². The fourth-order valence-corrected chi connectivity index (χ4v) is 4.07. The number of hydrogen-bond donors (Lipinski definition) is 2. The highest BCUT2D eigenvalue weighted by Crippen LogP contribution is 2.29. The minimum absolute atomic E-state index is 0.134. The smallest absolute Gasteiger partial charge is 0.259 e. The van der Waals surface area contributed by atoms with Crippen LogP contribution in [0.2, 0.25) is 0 Å². The number of oxazole rings is 1. The molecule has 1 aliphatic heterocycles. The van der Waals surface area contributed by atoms with Crippen molar-refractivity contribution in [1.29, 1.82) is 0 Å². The number of aromatic nitrogens is 2. The van der Waals surface area contributed by atoms with E-state index in [0.717, 1.165) is 13.1 Å². The van der Waals surface area contributed by atoms with Crippen LogP contribution in [-0.4, -0.2) is 67.1 Å². The van der Waals surface area contributed by atoms with Crippen molar-refractivity contribution in [2.24, 2.45) is 0 Å². The second-order valence-electron chi connectivity index (χ2n) is 8.21. The Kier molecular flexibility index (Phi) is 6.50. The number of benzene rings is 2. The van der Waals surface area contributed by atoms with Gasteiger partial charge in [-0.1, -0.05) is 0 Å². The second-order valence-corrected chi connectivity index (χ2v) is 8.21. The lowest BCUT2D eigenvalue weighted by Gasteiger charge is -2.27. The topological polar surface area (TPSA) is 119 Å². The molecule has 184 valence electrons. The number of carbonyl (C=O) groups excluding carboxylic acids is 2. The van der Waals surface area contributed by atoms with Crippen LogP contribution in [0.4, 0.5) is 5.69 Å². The molecular formula is C26H25N5O5. The molecule has 2 aromatic heterocycles. The molecule has 0 spiro atoms. The number of carbonyl (C=O) groups is 2. The zero-order valence-corrected chi connectivity index (χ0v) is 19.9. The van der Waals surface area contributed by atoms with E-state index in [1.54, 1.807) is 66.7 Å². The first-order valence-corrected chi connectivity index (χ1v) is 11.5. The maximum atomic E-state index is 13.3. The third kappa shape index (κ3) is 4.71. The van der Waals surface area contributed by atoms with Crippen molar-refractivity contribution in [2.75, 3.05) is 45.7 Å². The molecule has 0 aliphatic carbocycles. The molecule has 1 saturated heterocycles. The van der Waals surface area contributed by atoms with Gasteiger partial charge in [-0.15, -0.1) is 0 Å². The normalized spacial score (nSPS) is 13.4. The Bertz CT molecular complexity index is 1390. The number of nitrogens with one attached hydrogen (secondary N) is 2. The van der Waals surface area contributed by atoms with E-state index in [9.17, 15) is 9.59 Å². The first kappa shape index (κ1) is 23.3. The summed E-state index contributed by atoms with van der Waals surface area (Å²) in [5.74, 6) is 0.705. The number of rotatable bonds is 6. The summed E-state index contributed by atoms with van der Waals surface area (Å²) in [5, 5.41) is 6.13. The first-order chi connectivity index (χ1) is 17.6. The van der Waals surface area contributed by atoms with E-state index in [-0.39, 0.29) is 5.91 Å². The summed E-state index contributed by atoms with van der Waals surface area (Å²) < 4.78 is 16.5. The summed E-state index contributed by atoms with van der Waals surface area (Å²) in [6, 6.07) is 13.6. The lowest BCUT2D eigenvalue weighted by atomic mass is 10.1. The van der Waals surface area contributed by atoms with E-state index >= 15 is 0 Å². The molecule has 10 nitrogen and oxygen atoms in total. The molecule has 36 heavy (non-hydrogen) atoms. The van der Waals surface area contributed by atoms with Crippen molar-refractivity contribution >= 4 is 28.7 Å². The van der Waals surface area contributed by atoms with Crippen LogP contribution in [0.15, 0.2) is 59.1 Å². The molecule has 1 aliphatic rings. The molecule has 0 unspecified atom stereocenters. The minimum atomic E-state index is -0.397. The van der Waals surface area contributed by atoms with Gasteiger partial charge in [0.1, 0.15) is 11.5 Å². The summed E-state index contributed by atoms with van der Waals surface area (Å²) in [6.07, 6.45) is 1.63. The number of hydrogen-bond acceptors (Lipinski definition) is 8. The third-order valence-corrected chi connectivity index (χ3v) is 5.91. The average Bonchev–Trinajstić information content (AvgIpc) is 3.37. The molecule has 1 fully saturated rings. The standard InChI is InChI=1S/C26H25N5O5/c1-34-19-5-6-20(22(15-19)35-2)24(32)29-18-13-16(25-30-23-21(36-25)4-3-7-28-23)12-17(14-18)26(33)31-10-8-27-9-11-31/h3-7,12-15,27H,8-11H2,1-2H3,(H,29,32).